The molecule has 0 heterocycles. The maximum atomic E-state index is 5.82. The molecule has 0 aromatic carbocycles. The van der Waals surface area contributed by atoms with Crippen LogP contribution in [0.25, 0.3) is 0 Å². The van der Waals surface area contributed by atoms with Gasteiger partial charge in [-0.05, 0) is 25.1 Å². The van der Waals surface area contributed by atoms with Gasteiger partial charge in [-0.3, -0.25) is 0 Å². The average Bonchev–Trinajstić information content (AvgIpc) is 2.00. The zero-order valence-corrected chi connectivity index (χ0v) is 8.74. The maximum Gasteiger partial charge on any atom is 0.189 e. The summed E-state index contributed by atoms with van der Waals surface area (Å²) in [7, 11) is -1.22. The Labute approximate surface area is 65.9 Å². The number of hydrogen-bond acceptors (Lipinski definition) is 1. The minimum absolute atomic E-state index is 0.963. The molecule has 62 valence electrons. The summed E-state index contributed by atoms with van der Waals surface area (Å²) in [6, 6.07) is 2.51. The molecule has 0 aliphatic heterocycles. The van der Waals surface area contributed by atoms with Crippen LogP contribution in [0.5, 0.6) is 0 Å². The summed E-state index contributed by atoms with van der Waals surface area (Å²) < 4.78 is 5.82. The highest BCUT2D eigenvalue weighted by Crippen LogP contribution is 2.15. The third kappa shape index (κ3) is 3.37. The predicted molar refractivity (Wildman–Crippen MR) is 48.8 cm³/mol. The Morgan fingerprint density at radius 2 is 1.60 bits per heavy atom. The van der Waals surface area contributed by atoms with Gasteiger partial charge in [-0.2, -0.15) is 0 Å². The largest absolute Gasteiger partial charge is 0.417 e. The van der Waals surface area contributed by atoms with Crippen LogP contribution in [0.15, 0.2) is 0 Å². The van der Waals surface area contributed by atoms with Crippen molar-refractivity contribution in [2.24, 2.45) is 0 Å². The third-order valence-electron chi connectivity index (χ3n) is 2.15. The van der Waals surface area contributed by atoms with Crippen LogP contribution >= 0.6 is 0 Å². The zero-order valence-electron chi connectivity index (χ0n) is 7.74. The number of hydrogen-bond donors (Lipinski definition) is 0. The van der Waals surface area contributed by atoms with Crippen molar-refractivity contribution in [1.82, 2.24) is 0 Å². The summed E-state index contributed by atoms with van der Waals surface area (Å²) in [5, 5.41) is 0. The Hall–Kier alpha value is 0.177. The Morgan fingerprint density at radius 1 is 1.10 bits per heavy atom. The first kappa shape index (κ1) is 10.2. The van der Waals surface area contributed by atoms with Gasteiger partial charge >= 0.3 is 0 Å². The molecule has 0 radical (unpaired) electrons. The molecule has 0 bridgehead atoms. The second-order valence-corrected chi connectivity index (χ2v) is 7.61. The molecule has 0 fully saturated rings. The Bertz CT molecular complexity index is 79.3. The summed E-state index contributed by atoms with van der Waals surface area (Å²) in [6.45, 7) is 9.93. The second-order valence-electron chi connectivity index (χ2n) is 3.01. The summed E-state index contributed by atoms with van der Waals surface area (Å²) in [6.07, 6.45) is 1.16. The lowest BCUT2D eigenvalue weighted by Gasteiger charge is -2.23. The zero-order chi connectivity index (χ0) is 8.04. The van der Waals surface area contributed by atoms with Crippen LogP contribution in [-0.4, -0.2) is 14.9 Å². The van der Waals surface area contributed by atoms with Crippen molar-refractivity contribution in [3.8, 4) is 0 Å². The Balaban J connectivity index is 3.58. The molecule has 0 saturated heterocycles. The van der Waals surface area contributed by atoms with E-state index < -0.39 is 8.32 Å². The van der Waals surface area contributed by atoms with Gasteiger partial charge in [0.25, 0.3) is 0 Å². The molecule has 0 unspecified atom stereocenters. The van der Waals surface area contributed by atoms with Gasteiger partial charge in [-0.15, -0.1) is 0 Å². The van der Waals surface area contributed by atoms with E-state index in [9.17, 15) is 0 Å². The summed E-state index contributed by atoms with van der Waals surface area (Å²) >= 11 is 0. The normalized spacial score (nSPS) is 12.0. The molecule has 0 amide bonds. The van der Waals surface area contributed by atoms with Gasteiger partial charge in [-0.1, -0.05) is 20.8 Å². The molecule has 10 heavy (non-hydrogen) atoms. The van der Waals surface area contributed by atoms with Crippen LogP contribution in [0.4, 0.5) is 0 Å². The van der Waals surface area contributed by atoms with Crippen molar-refractivity contribution >= 4 is 8.32 Å². The lowest BCUT2D eigenvalue weighted by atomic mass is 10.5. The topological polar surface area (TPSA) is 9.23 Å². The molecule has 0 aromatic heterocycles. The van der Waals surface area contributed by atoms with Crippen molar-refractivity contribution in [3.63, 3.8) is 0 Å². The van der Waals surface area contributed by atoms with E-state index in [0.29, 0.717) is 0 Å². The van der Waals surface area contributed by atoms with E-state index in [0.717, 1.165) is 13.0 Å². The molecule has 1 nitrogen and oxygen atoms in total. The molecule has 0 aliphatic carbocycles. The standard InChI is InChI=1S/C8H20OSi/c1-5-8-9-10(4,6-2)7-3/h5-8H2,1-4H3. The second kappa shape index (κ2) is 4.91. The van der Waals surface area contributed by atoms with Crippen LogP contribution < -0.4 is 0 Å². The minimum Gasteiger partial charge on any atom is -0.417 e. The van der Waals surface area contributed by atoms with Crippen molar-refractivity contribution < 1.29 is 4.43 Å². The van der Waals surface area contributed by atoms with Crippen molar-refractivity contribution in [2.45, 2.75) is 45.8 Å². The lowest BCUT2D eigenvalue weighted by molar-refractivity contribution is 0.303. The van der Waals surface area contributed by atoms with E-state index in [1.165, 1.54) is 12.1 Å². The molecule has 2 heteroatoms. The fourth-order valence-corrected chi connectivity index (χ4v) is 2.41. The van der Waals surface area contributed by atoms with E-state index in [-0.39, 0.29) is 0 Å². The minimum atomic E-state index is -1.22. The van der Waals surface area contributed by atoms with Gasteiger partial charge in [0.1, 0.15) is 0 Å². The van der Waals surface area contributed by atoms with Crippen LogP contribution in [0, 0.1) is 0 Å². The molecule has 0 atom stereocenters. The van der Waals surface area contributed by atoms with Gasteiger partial charge in [-0.25, -0.2) is 0 Å². The molecule has 0 rings (SSSR count). The monoisotopic (exact) mass is 160 g/mol. The van der Waals surface area contributed by atoms with Crippen LogP contribution in [0.3, 0.4) is 0 Å². The highest BCUT2D eigenvalue weighted by atomic mass is 28.4. The van der Waals surface area contributed by atoms with Crippen LogP contribution in [-0.2, 0) is 4.43 Å². The highest BCUT2D eigenvalue weighted by Gasteiger charge is 2.23. The fourth-order valence-electron chi connectivity index (χ4n) is 0.803. The van der Waals surface area contributed by atoms with Gasteiger partial charge in [0.15, 0.2) is 8.32 Å². The van der Waals surface area contributed by atoms with Crippen molar-refractivity contribution in [2.75, 3.05) is 6.61 Å². The molecule has 0 N–H and O–H groups in total. The number of rotatable bonds is 5. The predicted octanol–water partition coefficient (Wildman–Crippen LogP) is 3.03. The first-order chi connectivity index (χ1) is 4.68. The van der Waals surface area contributed by atoms with E-state index >= 15 is 0 Å². The van der Waals surface area contributed by atoms with E-state index in [2.05, 4.69) is 27.3 Å². The first-order valence-electron chi connectivity index (χ1n) is 4.32. The van der Waals surface area contributed by atoms with Gasteiger partial charge in [0.05, 0.1) is 0 Å². The molecular weight excluding hydrogens is 140 g/mol. The highest BCUT2D eigenvalue weighted by molar-refractivity contribution is 6.72. The fraction of sp³-hybridized carbons (Fsp3) is 1.00. The van der Waals surface area contributed by atoms with Crippen molar-refractivity contribution in [1.29, 1.82) is 0 Å². The van der Waals surface area contributed by atoms with Crippen LogP contribution in [0.2, 0.25) is 18.6 Å². The van der Waals surface area contributed by atoms with Gasteiger partial charge in [0.2, 0.25) is 0 Å². The summed E-state index contributed by atoms with van der Waals surface area (Å²) in [5.41, 5.74) is 0. The van der Waals surface area contributed by atoms with Crippen LogP contribution in [0.1, 0.15) is 27.2 Å². The molecule has 0 aromatic rings. The molecular formula is C8H20OSi. The third-order valence-corrected chi connectivity index (χ3v) is 6.04. The SMILES string of the molecule is CCCO[Si](C)(CC)CC. The van der Waals surface area contributed by atoms with E-state index in [1.807, 2.05) is 0 Å². The lowest BCUT2D eigenvalue weighted by Crippen LogP contribution is -2.32. The maximum absolute atomic E-state index is 5.82. The molecule has 0 spiro atoms. The summed E-state index contributed by atoms with van der Waals surface area (Å²) in [5.74, 6) is 0. The Kier molecular flexibility index (Phi) is 5.00. The molecule has 0 aliphatic rings. The Morgan fingerprint density at radius 3 is 1.90 bits per heavy atom. The van der Waals surface area contributed by atoms with Gasteiger partial charge < -0.3 is 4.43 Å². The van der Waals surface area contributed by atoms with E-state index in [1.54, 1.807) is 0 Å². The first-order valence-corrected chi connectivity index (χ1v) is 7.14. The summed E-state index contributed by atoms with van der Waals surface area (Å²) in [4.78, 5) is 0. The van der Waals surface area contributed by atoms with Crippen molar-refractivity contribution in [3.05, 3.63) is 0 Å². The average molecular weight is 160 g/mol. The van der Waals surface area contributed by atoms with E-state index in [4.69, 9.17) is 4.43 Å². The molecule has 0 saturated carbocycles. The smallest absolute Gasteiger partial charge is 0.189 e. The quantitative estimate of drug-likeness (QED) is 0.562. The van der Waals surface area contributed by atoms with Gasteiger partial charge in [0, 0.05) is 6.61 Å².